The minimum Gasteiger partial charge on any atom is -0.347 e. The van der Waals surface area contributed by atoms with Crippen LogP contribution in [-0.2, 0) is 4.79 Å². The Morgan fingerprint density at radius 3 is 2.39 bits per heavy atom. The van der Waals surface area contributed by atoms with Crippen LogP contribution in [0.4, 0.5) is 5.69 Å². The van der Waals surface area contributed by atoms with Gasteiger partial charge in [-0.3, -0.25) is 4.79 Å². The Bertz CT molecular complexity index is 1060. The number of anilines is 1. The fourth-order valence-electron chi connectivity index (χ4n) is 3.09. The predicted molar refractivity (Wildman–Crippen MR) is 117 cm³/mol. The van der Waals surface area contributed by atoms with E-state index in [0.717, 1.165) is 33.7 Å². The van der Waals surface area contributed by atoms with Crippen molar-refractivity contribution in [1.29, 1.82) is 0 Å². The molecule has 4 nitrogen and oxygen atoms in total. The molecule has 1 aliphatic rings. The molecule has 2 N–H and O–H groups in total. The average molecular weight is 385 g/mol. The number of benzodiazepines with no additional fused rings is 1. The minimum absolute atomic E-state index is 0.243. The quantitative estimate of drug-likeness (QED) is 0.668. The highest BCUT2D eigenvalue weighted by molar-refractivity contribution is 7.80. The van der Waals surface area contributed by atoms with Gasteiger partial charge in [0.1, 0.15) is 4.99 Å². The van der Waals surface area contributed by atoms with Crippen LogP contribution < -0.4 is 10.6 Å². The molecule has 0 aliphatic carbocycles. The third-order valence-electron chi connectivity index (χ3n) is 4.58. The van der Waals surface area contributed by atoms with E-state index in [1.165, 1.54) is 0 Å². The highest BCUT2D eigenvalue weighted by Gasteiger charge is 2.26. The van der Waals surface area contributed by atoms with Gasteiger partial charge in [0.2, 0.25) is 0 Å². The summed E-state index contributed by atoms with van der Waals surface area (Å²) in [6, 6.07) is 25.4. The monoisotopic (exact) mass is 385 g/mol. The summed E-state index contributed by atoms with van der Waals surface area (Å²) in [6.45, 7) is 2.02. The van der Waals surface area contributed by atoms with E-state index in [0.29, 0.717) is 4.99 Å². The average Bonchev–Trinajstić information content (AvgIpc) is 2.86. The van der Waals surface area contributed by atoms with Gasteiger partial charge in [-0.25, -0.2) is 4.99 Å². The Balaban J connectivity index is 1.72. The first-order chi connectivity index (χ1) is 13.6. The van der Waals surface area contributed by atoms with Crippen molar-refractivity contribution in [2.24, 2.45) is 4.99 Å². The maximum absolute atomic E-state index is 12.8. The maximum Gasteiger partial charge on any atom is 0.269 e. The molecule has 3 aromatic rings. The Kier molecular flexibility index (Phi) is 5.00. The van der Waals surface area contributed by atoms with Gasteiger partial charge < -0.3 is 10.6 Å². The van der Waals surface area contributed by atoms with E-state index < -0.39 is 6.17 Å². The lowest BCUT2D eigenvalue weighted by molar-refractivity contribution is -0.117. The molecular weight excluding hydrogens is 366 g/mol. The van der Waals surface area contributed by atoms with Gasteiger partial charge in [-0.2, -0.15) is 0 Å². The molecule has 0 fully saturated rings. The first kappa shape index (κ1) is 18.1. The Hall–Kier alpha value is -3.31. The van der Waals surface area contributed by atoms with E-state index in [4.69, 9.17) is 17.2 Å². The fourth-order valence-corrected chi connectivity index (χ4v) is 3.34. The summed E-state index contributed by atoms with van der Waals surface area (Å²) in [5.74, 6) is -0.243. The molecule has 0 saturated carbocycles. The number of benzene rings is 3. The molecule has 138 valence electrons. The molecule has 1 aliphatic heterocycles. The number of rotatable bonds is 3. The van der Waals surface area contributed by atoms with Crippen LogP contribution in [-0.4, -0.2) is 22.8 Å². The zero-order valence-corrected chi connectivity index (χ0v) is 16.2. The molecule has 0 bridgehead atoms. The van der Waals surface area contributed by atoms with Crippen molar-refractivity contribution in [3.05, 3.63) is 101 Å². The number of aryl methyl sites for hydroxylation is 1. The summed E-state index contributed by atoms with van der Waals surface area (Å²) in [6.07, 6.45) is -0.823. The molecule has 1 heterocycles. The smallest absolute Gasteiger partial charge is 0.269 e. The van der Waals surface area contributed by atoms with Gasteiger partial charge in [-0.1, -0.05) is 90.6 Å². The molecule has 0 aromatic heterocycles. The SMILES string of the molecule is Cc1ccc(C(=S)NC2N=C(c3ccccc3)c3ccccc3NC2=O)cc1. The molecule has 4 rings (SSSR count). The van der Waals surface area contributed by atoms with Gasteiger partial charge in [-0.15, -0.1) is 0 Å². The zero-order valence-electron chi connectivity index (χ0n) is 15.3. The van der Waals surface area contributed by atoms with Crippen LogP contribution in [0.3, 0.4) is 0 Å². The van der Waals surface area contributed by atoms with Gasteiger partial charge in [-0.05, 0) is 13.0 Å². The number of carbonyl (C=O) groups is 1. The number of hydrogen-bond donors (Lipinski definition) is 2. The van der Waals surface area contributed by atoms with E-state index in [9.17, 15) is 4.79 Å². The topological polar surface area (TPSA) is 53.5 Å². The number of carbonyl (C=O) groups excluding carboxylic acids is 1. The second-order valence-corrected chi connectivity index (χ2v) is 7.03. The van der Waals surface area contributed by atoms with Crippen molar-refractivity contribution in [2.45, 2.75) is 13.1 Å². The summed E-state index contributed by atoms with van der Waals surface area (Å²) in [7, 11) is 0. The molecule has 28 heavy (non-hydrogen) atoms. The van der Waals surface area contributed by atoms with Crippen LogP contribution in [0.15, 0.2) is 83.9 Å². The number of fused-ring (bicyclic) bond motifs is 1. The lowest BCUT2D eigenvalue weighted by atomic mass is 10.0. The highest BCUT2D eigenvalue weighted by atomic mass is 32.1. The lowest BCUT2D eigenvalue weighted by Crippen LogP contribution is -2.41. The molecule has 1 unspecified atom stereocenters. The van der Waals surface area contributed by atoms with Gasteiger partial charge >= 0.3 is 0 Å². The van der Waals surface area contributed by atoms with Crippen molar-refractivity contribution in [3.63, 3.8) is 0 Å². The summed E-state index contributed by atoms with van der Waals surface area (Å²) in [4.78, 5) is 18.1. The highest BCUT2D eigenvalue weighted by Crippen LogP contribution is 2.23. The van der Waals surface area contributed by atoms with Crippen molar-refractivity contribution < 1.29 is 4.79 Å². The molecule has 3 aromatic carbocycles. The number of thiocarbonyl (C=S) groups is 1. The molecule has 5 heteroatoms. The Morgan fingerprint density at radius 2 is 1.64 bits per heavy atom. The van der Waals surface area contributed by atoms with Gasteiger partial charge in [0, 0.05) is 16.7 Å². The van der Waals surface area contributed by atoms with Gasteiger partial charge in [0.15, 0.2) is 6.17 Å². The van der Waals surface area contributed by atoms with Crippen LogP contribution in [0.5, 0.6) is 0 Å². The molecule has 0 saturated heterocycles. The lowest BCUT2D eigenvalue weighted by Gasteiger charge is -2.15. The number of para-hydroxylation sites is 1. The second-order valence-electron chi connectivity index (χ2n) is 6.62. The third kappa shape index (κ3) is 3.70. The standard InChI is InChI=1S/C23H19N3OS/c1-15-11-13-17(14-12-15)23(28)26-21-22(27)24-19-10-6-5-9-18(19)20(25-21)16-7-3-2-4-8-16/h2-14,21H,1H3,(H,24,27)(H,26,28). The van der Waals surface area contributed by atoms with Crippen LogP contribution in [0, 0.1) is 6.92 Å². The van der Waals surface area contributed by atoms with E-state index >= 15 is 0 Å². The zero-order chi connectivity index (χ0) is 19.5. The molecule has 1 atom stereocenters. The molecule has 0 spiro atoms. The van der Waals surface area contributed by atoms with E-state index in [2.05, 4.69) is 10.6 Å². The first-order valence-corrected chi connectivity index (χ1v) is 9.44. The predicted octanol–water partition coefficient (Wildman–Crippen LogP) is 4.08. The second kappa shape index (κ2) is 7.74. The number of amides is 1. The molecular formula is C23H19N3OS. The van der Waals surface area contributed by atoms with Crippen LogP contribution in [0.25, 0.3) is 0 Å². The minimum atomic E-state index is -0.823. The number of nitrogens with zero attached hydrogens (tertiary/aromatic N) is 1. The third-order valence-corrected chi connectivity index (χ3v) is 4.93. The van der Waals surface area contributed by atoms with Crippen molar-refractivity contribution in [1.82, 2.24) is 5.32 Å². The fraction of sp³-hybridized carbons (Fsp3) is 0.0870. The van der Waals surface area contributed by atoms with Gasteiger partial charge in [0.25, 0.3) is 5.91 Å². The van der Waals surface area contributed by atoms with Crippen molar-refractivity contribution in [3.8, 4) is 0 Å². The largest absolute Gasteiger partial charge is 0.347 e. The van der Waals surface area contributed by atoms with Gasteiger partial charge in [0.05, 0.1) is 11.4 Å². The Morgan fingerprint density at radius 1 is 0.964 bits per heavy atom. The number of nitrogens with one attached hydrogen (secondary N) is 2. The molecule has 0 radical (unpaired) electrons. The van der Waals surface area contributed by atoms with E-state index in [1.807, 2.05) is 85.8 Å². The van der Waals surface area contributed by atoms with Crippen LogP contribution >= 0.6 is 12.2 Å². The van der Waals surface area contributed by atoms with Crippen LogP contribution in [0.2, 0.25) is 0 Å². The number of hydrogen-bond acceptors (Lipinski definition) is 3. The molecule has 1 amide bonds. The maximum atomic E-state index is 12.8. The summed E-state index contributed by atoms with van der Waals surface area (Å²) < 4.78 is 0. The van der Waals surface area contributed by atoms with Crippen molar-refractivity contribution >= 4 is 34.5 Å². The summed E-state index contributed by atoms with van der Waals surface area (Å²) in [5.41, 5.74) is 5.32. The van der Waals surface area contributed by atoms with E-state index in [1.54, 1.807) is 0 Å². The van der Waals surface area contributed by atoms with Crippen LogP contribution in [0.1, 0.15) is 22.3 Å². The normalized spacial score (nSPS) is 15.7. The summed E-state index contributed by atoms with van der Waals surface area (Å²) >= 11 is 5.52. The van der Waals surface area contributed by atoms with E-state index in [-0.39, 0.29) is 5.91 Å². The first-order valence-electron chi connectivity index (χ1n) is 9.03. The van der Waals surface area contributed by atoms with Crippen molar-refractivity contribution in [2.75, 3.05) is 5.32 Å². The summed E-state index contributed by atoms with van der Waals surface area (Å²) in [5, 5.41) is 6.07. The Labute approximate surface area is 169 Å². The number of aliphatic imine (C=N–C) groups is 1.